The molecule has 100 valence electrons. The largest absolute Gasteiger partial charge is 0.493 e. The average molecular weight is 269 g/mol. The predicted octanol–water partition coefficient (Wildman–Crippen LogP) is 2.20. The fourth-order valence-electron chi connectivity index (χ4n) is 1.62. The predicted molar refractivity (Wildman–Crippen MR) is 74.6 cm³/mol. The molecule has 1 aromatic carbocycles. The molecular formula is C13H19NO3S. The highest BCUT2D eigenvalue weighted by molar-refractivity contribution is 7.80. The Kier molecular flexibility index (Phi) is 5.85. The van der Waals surface area contributed by atoms with Crippen LogP contribution in [0.5, 0.6) is 11.5 Å². The zero-order valence-electron chi connectivity index (χ0n) is 10.9. The van der Waals surface area contributed by atoms with Gasteiger partial charge in [0.25, 0.3) is 0 Å². The first-order valence-electron chi connectivity index (χ1n) is 5.74. The maximum absolute atomic E-state index is 11.5. The van der Waals surface area contributed by atoms with Gasteiger partial charge in [0.1, 0.15) is 0 Å². The van der Waals surface area contributed by atoms with Crippen LogP contribution < -0.4 is 14.8 Å². The van der Waals surface area contributed by atoms with Crippen LogP contribution in [0.4, 0.5) is 0 Å². The average Bonchev–Trinajstić information content (AvgIpc) is 2.38. The number of rotatable bonds is 6. The Balaban J connectivity index is 2.79. The number of thiol groups is 1. The van der Waals surface area contributed by atoms with Gasteiger partial charge in [-0.05, 0) is 30.4 Å². The van der Waals surface area contributed by atoms with Crippen molar-refractivity contribution in [3.63, 3.8) is 0 Å². The molecule has 1 N–H and O–H groups in total. The molecule has 0 radical (unpaired) electrons. The molecule has 1 rings (SSSR count). The van der Waals surface area contributed by atoms with Crippen LogP contribution in [0.2, 0.25) is 0 Å². The standard InChI is InChI=1S/C13H19NO3S/c1-9(14-13(15)6-7-18)10-4-5-11(16-2)12(8-10)17-3/h4-5,8-9,18H,6-7H2,1-3H3,(H,14,15). The maximum atomic E-state index is 11.5. The van der Waals surface area contributed by atoms with Crippen molar-refractivity contribution in [1.29, 1.82) is 0 Å². The van der Waals surface area contributed by atoms with Gasteiger partial charge in [0, 0.05) is 6.42 Å². The molecular weight excluding hydrogens is 250 g/mol. The molecule has 1 amide bonds. The van der Waals surface area contributed by atoms with Crippen LogP contribution in [-0.2, 0) is 4.79 Å². The molecule has 0 fully saturated rings. The zero-order chi connectivity index (χ0) is 13.5. The van der Waals surface area contributed by atoms with Crippen molar-refractivity contribution in [2.24, 2.45) is 0 Å². The third kappa shape index (κ3) is 3.84. The lowest BCUT2D eigenvalue weighted by molar-refractivity contribution is -0.121. The van der Waals surface area contributed by atoms with Crippen molar-refractivity contribution in [1.82, 2.24) is 5.32 Å². The van der Waals surface area contributed by atoms with Crippen LogP contribution in [0.3, 0.4) is 0 Å². The molecule has 0 saturated heterocycles. The molecule has 1 unspecified atom stereocenters. The summed E-state index contributed by atoms with van der Waals surface area (Å²) in [6, 6.07) is 5.53. The molecule has 0 saturated carbocycles. The summed E-state index contributed by atoms with van der Waals surface area (Å²) in [5, 5.41) is 2.90. The number of hydrogen-bond acceptors (Lipinski definition) is 4. The molecule has 1 atom stereocenters. The summed E-state index contributed by atoms with van der Waals surface area (Å²) in [6.45, 7) is 1.93. The Labute approximate surface area is 113 Å². The lowest BCUT2D eigenvalue weighted by Gasteiger charge is -2.16. The molecule has 5 heteroatoms. The normalized spacial score (nSPS) is 11.8. The summed E-state index contributed by atoms with van der Waals surface area (Å²) >= 11 is 4.03. The second-order valence-electron chi connectivity index (χ2n) is 3.88. The van der Waals surface area contributed by atoms with Crippen molar-refractivity contribution >= 4 is 18.5 Å². The second kappa shape index (κ2) is 7.16. The topological polar surface area (TPSA) is 47.6 Å². The van der Waals surface area contributed by atoms with E-state index >= 15 is 0 Å². The SMILES string of the molecule is COc1ccc(C(C)NC(=O)CCS)cc1OC. The number of amides is 1. The van der Waals surface area contributed by atoms with E-state index in [1.807, 2.05) is 25.1 Å². The van der Waals surface area contributed by atoms with Gasteiger partial charge >= 0.3 is 0 Å². The number of carbonyl (C=O) groups is 1. The van der Waals surface area contributed by atoms with Gasteiger partial charge in [-0.15, -0.1) is 0 Å². The number of carbonyl (C=O) groups excluding carboxylic acids is 1. The Morgan fingerprint density at radius 2 is 2.00 bits per heavy atom. The van der Waals surface area contributed by atoms with Crippen molar-refractivity contribution in [2.45, 2.75) is 19.4 Å². The summed E-state index contributed by atoms with van der Waals surface area (Å²) in [7, 11) is 3.18. The molecule has 18 heavy (non-hydrogen) atoms. The first-order valence-corrected chi connectivity index (χ1v) is 6.37. The van der Waals surface area contributed by atoms with Crippen molar-refractivity contribution in [3.8, 4) is 11.5 Å². The number of nitrogens with one attached hydrogen (secondary N) is 1. The second-order valence-corrected chi connectivity index (χ2v) is 4.32. The first-order chi connectivity index (χ1) is 8.62. The Morgan fingerprint density at radius 1 is 1.33 bits per heavy atom. The summed E-state index contributed by atoms with van der Waals surface area (Å²) < 4.78 is 10.4. The van der Waals surface area contributed by atoms with Crippen LogP contribution in [0.25, 0.3) is 0 Å². The van der Waals surface area contributed by atoms with E-state index < -0.39 is 0 Å². The molecule has 1 aromatic rings. The van der Waals surface area contributed by atoms with Gasteiger partial charge < -0.3 is 14.8 Å². The van der Waals surface area contributed by atoms with Crippen LogP contribution in [-0.4, -0.2) is 25.9 Å². The van der Waals surface area contributed by atoms with E-state index in [9.17, 15) is 4.79 Å². The molecule has 0 aliphatic rings. The number of hydrogen-bond donors (Lipinski definition) is 2. The zero-order valence-corrected chi connectivity index (χ0v) is 11.8. The van der Waals surface area contributed by atoms with Crippen molar-refractivity contribution in [3.05, 3.63) is 23.8 Å². The quantitative estimate of drug-likeness (QED) is 0.778. The summed E-state index contributed by atoms with van der Waals surface area (Å²) in [5.74, 6) is 1.87. The number of ether oxygens (including phenoxy) is 2. The maximum Gasteiger partial charge on any atom is 0.221 e. The highest BCUT2D eigenvalue weighted by Crippen LogP contribution is 2.29. The monoisotopic (exact) mass is 269 g/mol. The Morgan fingerprint density at radius 3 is 2.56 bits per heavy atom. The van der Waals surface area contributed by atoms with Gasteiger partial charge in [0.2, 0.25) is 5.91 Å². The smallest absolute Gasteiger partial charge is 0.221 e. The van der Waals surface area contributed by atoms with E-state index in [0.717, 1.165) is 5.56 Å². The Bertz CT molecular complexity index is 409. The summed E-state index contributed by atoms with van der Waals surface area (Å²) in [5.41, 5.74) is 0.972. The minimum absolute atomic E-state index is 0.00714. The molecule has 0 aliphatic heterocycles. The van der Waals surface area contributed by atoms with Crippen LogP contribution >= 0.6 is 12.6 Å². The molecule has 0 aliphatic carbocycles. The first kappa shape index (κ1) is 14.7. The minimum atomic E-state index is -0.0720. The van der Waals surface area contributed by atoms with E-state index in [1.54, 1.807) is 14.2 Å². The molecule has 0 bridgehead atoms. The summed E-state index contributed by atoms with van der Waals surface area (Å²) in [6.07, 6.45) is 0.417. The van der Waals surface area contributed by atoms with Gasteiger partial charge in [0.05, 0.1) is 20.3 Å². The van der Waals surface area contributed by atoms with Gasteiger partial charge in [0.15, 0.2) is 11.5 Å². The third-order valence-electron chi connectivity index (χ3n) is 2.62. The van der Waals surface area contributed by atoms with E-state index in [-0.39, 0.29) is 11.9 Å². The van der Waals surface area contributed by atoms with Crippen LogP contribution in [0.1, 0.15) is 24.9 Å². The van der Waals surface area contributed by atoms with Gasteiger partial charge in [-0.25, -0.2) is 0 Å². The van der Waals surface area contributed by atoms with Gasteiger partial charge in [-0.1, -0.05) is 6.07 Å². The molecule has 0 heterocycles. The minimum Gasteiger partial charge on any atom is -0.493 e. The highest BCUT2D eigenvalue weighted by atomic mass is 32.1. The van der Waals surface area contributed by atoms with Crippen molar-refractivity contribution < 1.29 is 14.3 Å². The molecule has 0 aromatic heterocycles. The van der Waals surface area contributed by atoms with E-state index in [2.05, 4.69) is 17.9 Å². The van der Waals surface area contributed by atoms with Crippen molar-refractivity contribution in [2.75, 3.05) is 20.0 Å². The Hall–Kier alpha value is -1.36. The van der Waals surface area contributed by atoms with E-state index in [1.165, 1.54) is 0 Å². The molecule has 4 nitrogen and oxygen atoms in total. The van der Waals surface area contributed by atoms with Gasteiger partial charge in [-0.3, -0.25) is 4.79 Å². The highest BCUT2D eigenvalue weighted by Gasteiger charge is 2.12. The third-order valence-corrected chi connectivity index (χ3v) is 2.85. The summed E-state index contributed by atoms with van der Waals surface area (Å²) in [4.78, 5) is 11.5. The fraction of sp³-hybridized carbons (Fsp3) is 0.462. The lowest BCUT2D eigenvalue weighted by Crippen LogP contribution is -2.26. The van der Waals surface area contributed by atoms with Crippen LogP contribution in [0, 0.1) is 0 Å². The lowest BCUT2D eigenvalue weighted by atomic mass is 10.1. The van der Waals surface area contributed by atoms with Crippen LogP contribution in [0.15, 0.2) is 18.2 Å². The van der Waals surface area contributed by atoms with Gasteiger partial charge in [-0.2, -0.15) is 12.6 Å². The van der Waals surface area contributed by atoms with E-state index in [4.69, 9.17) is 9.47 Å². The number of benzene rings is 1. The number of methoxy groups -OCH3 is 2. The molecule has 0 spiro atoms. The fourth-order valence-corrected chi connectivity index (χ4v) is 1.82. The van der Waals surface area contributed by atoms with E-state index in [0.29, 0.717) is 23.7 Å².